The second-order valence-corrected chi connectivity index (χ2v) is 9.15. The first kappa shape index (κ1) is 26.4. The van der Waals surface area contributed by atoms with Gasteiger partial charge in [0.2, 0.25) is 0 Å². The van der Waals surface area contributed by atoms with Crippen LogP contribution in [-0.2, 0) is 26.1 Å². The fourth-order valence-electron chi connectivity index (χ4n) is 3.48. The van der Waals surface area contributed by atoms with E-state index < -0.39 is 39.8 Å². The molecule has 0 saturated carbocycles. The highest BCUT2D eigenvalue weighted by atomic mass is 32.2. The zero-order valence-electron chi connectivity index (χ0n) is 19.1. The Labute approximate surface area is 206 Å². The van der Waals surface area contributed by atoms with Gasteiger partial charge in [-0.25, -0.2) is 14.6 Å². The second-order valence-electron chi connectivity index (χ2n) is 7.65. The van der Waals surface area contributed by atoms with Crippen molar-refractivity contribution in [1.82, 2.24) is 5.32 Å². The van der Waals surface area contributed by atoms with Crippen LogP contribution in [0.5, 0.6) is 11.5 Å². The van der Waals surface area contributed by atoms with E-state index in [0.29, 0.717) is 24.1 Å². The molecule has 2 aromatic carbocycles. The van der Waals surface area contributed by atoms with Crippen molar-refractivity contribution in [2.75, 3.05) is 19.5 Å². The quantitative estimate of drug-likeness (QED) is 0.134. The normalized spacial score (nSPS) is 14.1. The summed E-state index contributed by atoms with van der Waals surface area (Å²) in [5.41, 5.74) is 12.1. The van der Waals surface area contributed by atoms with Gasteiger partial charge in [-0.3, -0.25) is 9.35 Å². The number of aliphatic imine (C=N–C) groups is 1. The molecule has 3 rings (SSSR count). The number of methoxy groups -OCH3 is 1. The summed E-state index contributed by atoms with van der Waals surface area (Å²) < 4.78 is 47.4. The van der Waals surface area contributed by atoms with Gasteiger partial charge in [0.25, 0.3) is 16.0 Å². The molecular formula is C22H24N4O9S. The third-order valence-electron chi connectivity index (χ3n) is 5.00. The zero-order chi connectivity index (χ0) is 26.5. The number of aryl methyl sites for hydroxylation is 1. The maximum atomic E-state index is 12.9. The van der Waals surface area contributed by atoms with Gasteiger partial charge < -0.3 is 31.0 Å². The summed E-state index contributed by atoms with van der Waals surface area (Å²) in [4.78, 5) is 41.8. The van der Waals surface area contributed by atoms with Gasteiger partial charge in [0, 0.05) is 0 Å². The predicted octanol–water partition coefficient (Wildman–Crippen LogP) is 0.295. The molecule has 1 unspecified atom stereocenters. The summed E-state index contributed by atoms with van der Waals surface area (Å²) in [6.45, 7) is 0.117. The monoisotopic (exact) mass is 520 g/mol. The molecule has 0 aromatic heterocycles. The SMILES string of the molecule is COC(=O)C(CS(=O)(=O)O)NC(=O)c1cccc2c1OCCCc1cc(N=C(N)N)ccc1C(=O)O2. The second kappa shape index (κ2) is 11.0. The maximum absolute atomic E-state index is 12.9. The fourth-order valence-corrected chi connectivity index (χ4v) is 4.12. The van der Waals surface area contributed by atoms with Gasteiger partial charge in [0.05, 0.1) is 30.5 Å². The fraction of sp³-hybridized carbons (Fsp3) is 0.273. The molecule has 0 fully saturated rings. The van der Waals surface area contributed by atoms with Crippen molar-refractivity contribution in [3.8, 4) is 11.5 Å². The van der Waals surface area contributed by atoms with Gasteiger partial charge in [0.15, 0.2) is 17.5 Å². The summed E-state index contributed by atoms with van der Waals surface area (Å²) in [5.74, 6) is -4.11. The Balaban J connectivity index is 1.93. The summed E-state index contributed by atoms with van der Waals surface area (Å²) in [6.07, 6.45) is 0.842. The van der Waals surface area contributed by atoms with E-state index >= 15 is 0 Å². The van der Waals surface area contributed by atoms with E-state index in [1.807, 2.05) is 0 Å². The lowest BCUT2D eigenvalue weighted by Crippen LogP contribution is -2.46. The van der Waals surface area contributed by atoms with Crippen LogP contribution in [0.25, 0.3) is 0 Å². The van der Waals surface area contributed by atoms with Gasteiger partial charge in [-0.15, -0.1) is 0 Å². The number of amides is 1. The topological polar surface area (TPSA) is 210 Å². The van der Waals surface area contributed by atoms with Crippen LogP contribution in [0.15, 0.2) is 41.4 Å². The van der Waals surface area contributed by atoms with E-state index in [4.69, 9.17) is 25.5 Å². The first-order valence-electron chi connectivity index (χ1n) is 10.5. The molecule has 1 aliphatic rings. The number of fused-ring (bicyclic) bond motifs is 2. The van der Waals surface area contributed by atoms with Gasteiger partial charge in [-0.2, -0.15) is 8.42 Å². The van der Waals surface area contributed by atoms with Crippen molar-refractivity contribution in [2.45, 2.75) is 18.9 Å². The molecule has 0 radical (unpaired) electrons. The van der Waals surface area contributed by atoms with Crippen molar-refractivity contribution >= 4 is 39.6 Å². The van der Waals surface area contributed by atoms with Crippen LogP contribution < -0.4 is 26.3 Å². The number of hydrogen-bond donors (Lipinski definition) is 4. The Hall–Kier alpha value is -4.17. The lowest BCUT2D eigenvalue weighted by atomic mass is 10.0. The van der Waals surface area contributed by atoms with E-state index in [1.54, 1.807) is 12.1 Å². The van der Waals surface area contributed by atoms with Crippen LogP contribution in [0, 0.1) is 0 Å². The standard InChI is InChI=1S/C22H24N4O9S/c1-33-21(29)16(11-36(30,31)32)26-19(27)15-5-2-6-17-18(15)34-9-3-4-12-10-13(25-22(23)24)7-8-14(12)20(28)35-17/h2,5-8,10,16H,3-4,9,11H2,1H3,(H,26,27)(H4,23,24,25)(H,30,31,32). The van der Waals surface area contributed by atoms with Crippen molar-refractivity contribution in [1.29, 1.82) is 0 Å². The molecule has 0 aliphatic carbocycles. The summed E-state index contributed by atoms with van der Waals surface area (Å²) in [6, 6.07) is 7.20. The van der Waals surface area contributed by atoms with E-state index in [1.165, 1.54) is 24.3 Å². The number of ether oxygens (including phenoxy) is 3. The van der Waals surface area contributed by atoms with E-state index in [9.17, 15) is 22.8 Å². The van der Waals surface area contributed by atoms with Crippen LogP contribution in [0.3, 0.4) is 0 Å². The molecule has 0 spiro atoms. The Morgan fingerprint density at radius 3 is 2.67 bits per heavy atom. The van der Waals surface area contributed by atoms with Gasteiger partial charge in [-0.1, -0.05) is 6.07 Å². The Kier molecular flexibility index (Phi) is 8.11. The number of benzene rings is 2. The number of nitrogens with one attached hydrogen (secondary N) is 1. The number of nitrogens with two attached hydrogens (primary N) is 2. The molecule has 14 heteroatoms. The third-order valence-corrected chi connectivity index (χ3v) is 5.75. The molecule has 1 heterocycles. The average molecular weight is 521 g/mol. The van der Waals surface area contributed by atoms with Gasteiger partial charge >= 0.3 is 11.9 Å². The molecule has 13 nitrogen and oxygen atoms in total. The number of carbonyl (C=O) groups is 3. The number of nitrogens with zero attached hydrogens (tertiary/aromatic N) is 1. The highest BCUT2D eigenvalue weighted by Crippen LogP contribution is 2.34. The molecule has 0 bridgehead atoms. The predicted molar refractivity (Wildman–Crippen MR) is 127 cm³/mol. The smallest absolute Gasteiger partial charge is 0.343 e. The third kappa shape index (κ3) is 6.70. The van der Waals surface area contributed by atoms with E-state index in [0.717, 1.165) is 7.11 Å². The highest BCUT2D eigenvalue weighted by Gasteiger charge is 2.30. The molecule has 6 N–H and O–H groups in total. The molecular weight excluding hydrogens is 496 g/mol. The summed E-state index contributed by atoms with van der Waals surface area (Å²) >= 11 is 0. The highest BCUT2D eigenvalue weighted by molar-refractivity contribution is 7.85. The summed E-state index contributed by atoms with van der Waals surface area (Å²) in [7, 11) is -3.63. The number of rotatable bonds is 6. The summed E-state index contributed by atoms with van der Waals surface area (Å²) in [5, 5.41) is 2.20. The number of guanidine groups is 1. The Morgan fingerprint density at radius 2 is 2.00 bits per heavy atom. The number of para-hydroxylation sites is 1. The first-order valence-corrected chi connectivity index (χ1v) is 12.1. The van der Waals surface area contributed by atoms with Gasteiger partial charge in [-0.05, 0) is 48.7 Å². The maximum Gasteiger partial charge on any atom is 0.343 e. The van der Waals surface area contributed by atoms with Crippen LogP contribution in [0.4, 0.5) is 5.69 Å². The molecule has 1 aliphatic heterocycles. The van der Waals surface area contributed by atoms with Crippen LogP contribution in [-0.4, -0.2) is 62.3 Å². The van der Waals surface area contributed by atoms with Crippen molar-refractivity contribution in [3.63, 3.8) is 0 Å². The Bertz CT molecular complexity index is 1320. The zero-order valence-corrected chi connectivity index (χ0v) is 19.9. The molecule has 0 saturated heterocycles. The van der Waals surface area contributed by atoms with E-state index in [2.05, 4.69) is 15.0 Å². The minimum atomic E-state index is -4.63. The van der Waals surface area contributed by atoms with Crippen molar-refractivity contribution < 1.29 is 41.6 Å². The van der Waals surface area contributed by atoms with E-state index in [-0.39, 0.29) is 35.2 Å². The number of carbonyl (C=O) groups excluding carboxylic acids is 3. The molecule has 2 aromatic rings. The number of esters is 2. The first-order chi connectivity index (χ1) is 17.0. The lowest BCUT2D eigenvalue weighted by Gasteiger charge is -2.20. The van der Waals surface area contributed by atoms with Crippen molar-refractivity contribution in [3.05, 3.63) is 53.1 Å². The molecule has 1 amide bonds. The molecule has 192 valence electrons. The molecule has 36 heavy (non-hydrogen) atoms. The lowest BCUT2D eigenvalue weighted by molar-refractivity contribution is -0.142. The van der Waals surface area contributed by atoms with Crippen LogP contribution >= 0.6 is 0 Å². The number of hydrogen-bond acceptors (Lipinski definition) is 9. The van der Waals surface area contributed by atoms with Crippen LogP contribution in [0.2, 0.25) is 0 Å². The molecule has 1 atom stereocenters. The van der Waals surface area contributed by atoms with Crippen LogP contribution in [0.1, 0.15) is 32.7 Å². The minimum Gasteiger partial charge on any atom is -0.489 e. The van der Waals surface area contributed by atoms with Crippen molar-refractivity contribution in [2.24, 2.45) is 16.5 Å². The largest absolute Gasteiger partial charge is 0.489 e. The minimum absolute atomic E-state index is 0.0711. The Morgan fingerprint density at radius 1 is 1.25 bits per heavy atom. The van der Waals surface area contributed by atoms with Gasteiger partial charge in [0.1, 0.15) is 11.8 Å². The average Bonchev–Trinajstić information content (AvgIpc) is 2.80.